The van der Waals surface area contributed by atoms with Gasteiger partial charge < -0.3 is 5.73 Å². The summed E-state index contributed by atoms with van der Waals surface area (Å²) >= 11 is 0. The molecule has 0 aliphatic heterocycles. The third-order valence-corrected chi connectivity index (χ3v) is 3.97. The first-order chi connectivity index (χ1) is 8.79. The van der Waals surface area contributed by atoms with Crippen LogP contribution in [0.4, 0.5) is 5.69 Å². The number of nitrogens with two attached hydrogens (primary N) is 1. The molecule has 0 radical (unpaired) electrons. The summed E-state index contributed by atoms with van der Waals surface area (Å²) in [5, 5.41) is 0. The van der Waals surface area contributed by atoms with E-state index in [4.69, 9.17) is 5.73 Å². The van der Waals surface area contributed by atoms with Gasteiger partial charge in [-0.05, 0) is 43.5 Å². The zero-order valence-corrected chi connectivity index (χ0v) is 11.6. The Kier molecular flexibility index (Phi) is 5.06. The molecule has 1 fully saturated rings. The van der Waals surface area contributed by atoms with Gasteiger partial charge in [0.2, 0.25) is 0 Å². The maximum Gasteiger partial charge on any atom is 0.0314 e. The molecule has 1 aliphatic rings. The van der Waals surface area contributed by atoms with E-state index in [1.165, 1.54) is 50.6 Å². The van der Waals surface area contributed by atoms with E-state index in [2.05, 4.69) is 24.0 Å². The Morgan fingerprint density at radius 2 is 1.78 bits per heavy atom. The lowest BCUT2D eigenvalue weighted by Gasteiger charge is -2.34. The second kappa shape index (κ2) is 6.79. The van der Waals surface area contributed by atoms with Crippen LogP contribution < -0.4 is 5.73 Å². The first-order valence-electron chi connectivity index (χ1n) is 7.38. The average molecular weight is 246 g/mol. The van der Waals surface area contributed by atoms with Crippen LogP contribution >= 0.6 is 0 Å². The topological polar surface area (TPSA) is 29.3 Å². The van der Waals surface area contributed by atoms with Crippen LogP contribution in [0, 0.1) is 0 Å². The lowest BCUT2D eigenvalue weighted by molar-refractivity contribution is 0.148. The first kappa shape index (κ1) is 13.4. The van der Waals surface area contributed by atoms with Gasteiger partial charge in [0.25, 0.3) is 0 Å². The molecule has 2 rings (SSSR count). The van der Waals surface area contributed by atoms with Crippen LogP contribution in [-0.4, -0.2) is 17.5 Å². The summed E-state index contributed by atoms with van der Waals surface area (Å²) in [5.74, 6) is 0. The molecule has 1 aromatic rings. The molecule has 1 aromatic carbocycles. The standard InChI is InChI=1S/C16H26N2/c1-2-12-18(16-6-4-3-5-7-16)13-14-8-10-15(17)11-9-14/h8-11,16H,2-7,12-13,17H2,1H3. The maximum atomic E-state index is 5.75. The van der Waals surface area contributed by atoms with E-state index in [0.29, 0.717) is 0 Å². The zero-order valence-electron chi connectivity index (χ0n) is 11.6. The van der Waals surface area contributed by atoms with Crippen LogP contribution in [0.1, 0.15) is 51.0 Å². The highest BCUT2D eigenvalue weighted by molar-refractivity contribution is 5.39. The molecule has 0 bridgehead atoms. The number of hydrogen-bond donors (Lipinski definition) is 1. The number of anilines is 1. The summed E-state index contributed by atoms with van der Waals surface area (Å²) < 4.78 is 0. The van der Waals surface area contributed by atoms with Gasteiger partial charge in [-0.1, -0.05) is 38.3 Å². The zero-order chi connectivity index (χ0) is 12.8. The SMILES string of the molecule is CCCN(Cc1ccc(N)cc1)C1CCCCC1. The molecule has 0 unspecified atom stereocenters. The van der Waals surface area contributed by atoms with Crippen molar-refractivity contribution in [3.63, 3.8) is 0 Å². The van der Waals surface area contributed by atoms with Gasteiger partial charge in [-0.2, -0.15) is 0 Å². The van der Waals surface area contributed by atoms with E-state index in [0.717, 1.165) is 18.3 Å². The molecule has 2 nitrogen and oxygen atoms in total. The second-order valence-corrected chi connectivity index (χ2v) is 5.50. The van der Waals surface area contributed by atoms with Crippen LogP contribution in [0.2, 0.25) is 0 Å². The second-order valence-electron chi connectivity index (χ2n) is 5.50. The monoisotopic (exact) mass is 246 g/mol. The Balaban J connectivity index is 1.98. The highest BCUT2D eigenvalue weighted by Crippen LogP contribution is 2.24. The normalized spacial score (nSPS) is 17.2. The summed E-state index contributed by atoms with van der Waals surface area (Å²) in [6, 6.07) is 9.17. The Labute approximate surface area is 111 Å². The third kappa shape index (κ3) is 3.74. The number of nitrogens with zero attached hydrogens (tertiary/aromatic N) is 1. The van der Waals surface area contributed by atoms with Gasteiger partial charge in [-0.25, -0.2) is 0 Å². The van der Waals surface area contributed by atoms with Crippen molar-refractivity contribution >= 4 is 5.69 Å². The predicted molar refractivity (Wildman–Crippen MR) is 78.4 cm³/mol. The van der Waals surface area contributed by atoms with Crippen molar-refractivity contribution in [1.29, 1.82) is 0 Å². The molecular weight excluding hydrogens is 220 g/mol. The highest BCUT2D eigenvalue weighted by atomic mass is 15.1. The summed E-state index contributed by atoms with van der Waals surface area (Å²) in [5.41, 5.74) is 8.00. The number of hydrogen-bond acceptors (Lipinski definition) is 2. The first-order valence-corrected chi connectivity index (χ1v) is 7.38. The lowest BCUT2D eigenvalue weighted by Crippen LogP contribution is -2.36. The molecule has 2 heteroatoms. The molecule has 18 heavy (non-hydrogen) atoms. The van der Waals surface area contributed by atoms with Crippen LogP contribution in [-0.2, 0) is 6.54 Å². The van der Waals surface area contributed by atoms with E-state index in [-0.39, 0.29) is 0 Å². The molecule has 1 saturated carbocycles. The number of nitrogen functional groups attached to an aromatic ring is 1. The average Bonchev–Trinajstić information content (AvgIpc) is 2.42. The van der Waals surface area contributed by atoms with Crippen molar-refractivity contribution in [3.05, 3.63) is 29.8 Å². The maximum absolute atomic E-state index is 5.75. The van der Waals surface area contributed by atoms with Crippen LogP contribution in [0.5, 0.6) is 0 Å². The van der Waals surface area contributed by atoms with Gasteiger partial charge in [0, 0.05) is 18.3 Å². The van der Waals surface area contributed by atoms with Crippen molar-refractivity contribution in [2.45, 2.75) is 58.0 Å². The van der Waals surface area contributed by atoms with Crippen LogP contribution in [0.15, 0.2) is 24.3 Å². The summed E-state index contributed by atoms with van der Waals surface area (Å²) in [4.78, 5) is 2.67. The summed E-state index contributed by atoms with van der Waals surface area (Å²) in [6.45, 7) is 4.58. The number of rotatable bonds is 5. The van der Waals surface area contributed by atoms with Gasteiger partial charge in [-0.15, -0.1) is 0 Å². The molecule has 100 valence electrons. The Hall–Kier alpha value is -1.02. The molecule has 0 aromatic heterocycles. The minimum atomic E-state index is 0.802. The van der Waals surface area contributed by atoms with Crippen molar-refractivity contribution in [1.82, 2.24) is 4.90 Å². The minimum Gasteiger partial charge on any atom is -0.399 e. The largest absolute Gasteiger partial charge is 0.399 e. The third-order valence-electron chi connectivity index (χ3n) is 3.97. The van der Waals surface area contributed by atoms with E-state index in [1.807, 2.05) is 12.1 Å². The molecule has 0 spiro atoms. The summed E-state index contributed by atoms with van der Waals surface area (Å²) in [6.07, 6.45) is 8.26. The summed E-state index contributed by atoms with van der Waals surface area (Å²) in [7, 11) is 0. The van der Waals surface area contributed by atoms with Gasteiger partial charge >= 0.3 is 0 Å². The Morgan fingerprint density at radius 3 is 2.39 bits per heavy atom. The van der Waals surface area contributed by atoms with E-state index < -0.39 is 0 Å². The molecule has 0 heterocycles. The minimum absolute atomic E-state index is 0.802. The molecule has 2 N–H and O–H groups in total. The molecule has 0 atom stereocenters. The van der Waals surface area contributed by atoms with Gasteiger partial charge in [-0.3, -0.25) is 4.90 Å². The Morgan fingerprint density at radius 1 is 1.11 bits per heavy atom. The van der Waals surface area contributed by atoms with Crippen molar-refractivity contribution in [2.75, 3.05) is 12.3 Å². The van der Waals surface area contributed by atoms with Crippen molar-refractivity contribution in [2.24, 2.45) is 0 Å². The van der Waals surface area contributed by atoms with Gasteiger partial charge in [0.1, 0.15) is 0 Å². The molecule has 0 amide bonds. The smallest absolute Gasteiger partial charge is 0.0314 e. The lowest BCUT2D eigenvalue weighted by atomic mass is 9.93. The quantitative estimate of drug-likeness (QED) is 0.800. The van der Waals surface area contributed by atoms with Gasteiger partial charge in [0.05, 0.1) is 0 Å². The van der Waals surface area contributed by atoms with Gasteiger partial charge in [0.15, 0.2) is 0 Å². The number of benzene rings is 1. The fourth-order valence-electron chi connectivity index (χ4n) is 2.98. The van der Waals surface area contributed by atoms with Crippen LogP contribution in [0.25, 0.3) is 0 Å². The predicted octanol–water partition coefficient (Wildman–Crippen LogP) is 3.81. The fourth-order valence-corrected chi connectivity index (χ4v) is 2.98. The fraction of sp³-hybridized carbons (Fsp3) is 0.625. The highest BCUT2D eigenvalue weighted by Gasteiger charge is 2.20. The van der Waals surface area contributed by atoms with Crippen molar-refractivity contribution in [3.8, 4) is 0 Å². The Bertz CT molecular complexity index is 339. The van der Waals surface area contributed by atoms with Crippen molar-refractivity contribution < 1.29 is 0 Å². The van der Waals surface area contributed by atoms with E-state index in [9.17, 15) is 0 Å². The van der Waals surface area contributed by atoms with E-state index in [1.54, 1.807) is 0 Å². The molecule has 1 aliphatic carbocycles. The van der Waals surface area contributed by atoms with E-state index >= 15 is 0 Å². The van der Waals surface area contributed by atoms with Crippen LogP contribution in [0.3, 0.4) is 0 Å². The molecular formula is C16H26N2. The molecule has 0 saturated heterocycles.